The SMILES string of the molecule is CCO[Si](CCCN(C)CCC[Si](OCC)(OCC)OCC)(OCC)OCC.CCO[Si](CCCN(CCO)CCC[Si](OCC)(OCC)OCC)(OCC)OCC.CO[Si](CCCN(CCO)CCC[Si](OC)(OC)OC)(OC)OC. The normalized spacial score (nSPS) is 12.9. The molecule has 0 aliphatic heterocycles. The second kappa shape index (κ2) is 55.4. The summed E-state index contributed by atoms with van der Waals surface area (Å²) in [6, 6.07) is 4.74. The van der Waals surface area contributed by atoms with Crippen LogP contribution in [0.3, 0.4) is 0 Å². The molecule has 0 saturated heterocycles. The monoisotopic (exact) mass is 1290 g/mol. The summed E-state index contributed by atoms with van der Waals surface area (Å²) < 4.78 is 104. The van der Waals surface area contributed by atoms with Gasteiger partial charge in [0.15, 0.2) is 0 Å². The van der Waals surface area contributed by atoms with Crippen molar-refractivity contribution in [3.8, 4) is 0 Å². The summed E-state index contributed by atoms with van der Waals surface area (Å²) >= 11 is 0. The van der Waals surface area contributed by atoms with Crippen LogP contribution in [0.4, 0.5) is 0 Å². The van der Waals surface area contributed by atoms with Gasteiger partial charge in [-0.05, 0) is 168 Å². The molecule has 0 fully saturated rings. The van der Waals surface area contributed by atoms with Gasteiger partial charge < -0.3 is 105 Å². The minimum absolute atomic E-state index is 0.128. The maximum absolute atomic E-state index is 9.49. The Kier molecular flexibility index (Phi) is 58.5. The molecule has 498 valence electrons. The van der Waals surface area contributed by atoms with E-state index in [4.69, 9.17) is 79.7 Å². The molecule has 82 heavy (non-hydrogen) atoms. The molecular weight excluding hydrogens is 1170 g/mol. The van der Waals surface area contributed by atoms with Crippen LogP contribution in [-0.4, -0.2) is 272 Å². The van der Waals surface area contributed by atoms with Crippen LogP contribution >= 0.6 is 0 Å². The van der Waals surface area contributed by atoms with Gasteiger partial charge >= 0.3 is 52.8 Å². The van der Waals surface area contributed by atoms with Gasteiger partial charge in [-0.25, -0.2) is 0 Å². The number of aliphatic hydroxyl groups is 2. The van der Waals surface area contributed by atoms with Crippen molar-refractivity contribution < 1.29 is 89.9 Å². The molecule has 23 nitrogen and oxygen atoms in total. The molecule has 0 heterocycles. The Morgan fingerprint density at radius 1 is 0.244 bits per heavy atom. The highest BCUT2D eigenvalue weighted by molar-refractivity contribution is 6.62. The van der Waals surface area contributed by atoms with Crippen LogP contribution in [0.25, 0.3) is 0 Å². The molecule has 0 aromatic rings. The lowest BCUT2D eigenvalue weighted by molar-refractivity contribution is 0.0676. The van der Waals surface area contributed by atoms with Crippen LogP contribution in [-0.2, 0) is 79.7 Å². The van der Waals surface area contributed by atoms with Gasteiger partial charge in [-0.2, -0.15) is 0 Å². The van der Waals surface area contributed by atoms with Crippen molar-refractivity contribution in [1.82, 2.24) is 14.7 Å². The Balaban J connectivity index is -0.00000115. The van der Waals surface area contributed by atoms with E-state index in [-0.39, 0.29) is 13.2 Å². The Labute approximate surface area is 507 Å². The van der Waals surface area contributed by atoms with Crippen LogP contribution in [0.2, 0.25) is 36.3 Å². The number of rotatable bonds is 58. The van der Waals surface area contributed by atoms with E-state index in [0.29, 0.717) is 92.4 Å². The van der Waals surface area contributed by atoms with E-state index in [0.717, 1.165) is 114 Å². The lowest BCUT2D eigenvalue weighted by Gasteiger charge is -2.31. The fourth-order valence-corrected chi connectivity index (χ4v) is 23.2. The molecule has 0 spiro atoms. The molecule has 0 aromatic carbocycles. The van der Waals surface area contributed by atoms with Crippen LogP contribution < -0.4 is 0 Å². The summed E-state index contributed by atoms with van der Waals surface area (Å²) in [7, 11) is -3.50. The largest absolute Gasteiger partial charge is 0.500 e. The van der Waals surface area contributed by atoms with Crippen molar-refractivity contribution in [3.05, 3.63) is 0 Å². The molecule has 0 amide bonds. The van der Waals surface area contributed by atoms with Crippen molar-refractivity contribution >= 4 is 52.8 Å². The van der Waals surface area contributed by atoms with Crippen LogP contribution in [0.5, 0.6) is 0 Å². The summed E-state index contributed by atoms with van der Waals surface area (Å²) in [6.45, 7) is 38.0. The summed E-state index contributed by atoms with van der Waals surface area (Å²) in [5.41, 5.74) is 0. The third-order valence-electron chi connectivity index (χ3n) is 12.9. The van der Waals surface area contributed by atoms with E-state index in [1.54, 1.807) is 42.7 Å². The molecular formula is C53H127N3O20Si6. The maximum atomic E-state index is 9.49. The molecule has 0 saturated carbocycles. The number of hydrogen-bond acceptors (Lipinski definition) is 23. The van der Waals surface area contributed by atoms with Gasteiger partial charge in [0, 0.05) is 171 Å². The molecule has 0 bridgehead atoms. The Morgan fingerprint density at radius 3 is 0.549 bits per heavy atom. The second-order valence-electron chi connectivity index (χ2n) is 18.6. The Morgan fingerprint density at radius 2 is 0.402 bits per heavy atom. The first-order valence-corrected chi connectivity index (χ1v) is 42.4. The summed E-state index contributed by atoms with van der Waals surface area (Å²) in [6.07, 6.45) is 5.54. The van der Waals surface area contributed by atoms with E-state index in [1.165, 1.54) is 0 Å². The molecule has 0 aliphatic carbocycles. The third-order valence-corrected chi connectivity index (χ3v) is 31.2. The molecule has 0 unspecified atom stereocenters. The van der Waals surface area contributed by atoms with Crippen LogP contribution in [0.15, 0.2) is 0 Å². The number of hydrogen-bond donors (Lipinski definition) is 2. The summed E-state index contributed by atoms with van der Waals surface area (Å²) in [5.74, 6) is 0. The summed E-state index contributed by atoms with van der Waals surface area (Å²) in [5, 5.41) is 18.7. The van der Waals surface area contributed by atoms with E-state index < -0.39 is 52.8 Å². The minimum Gasteiger partial charge on any atom is -0.395 e. The Bertz CT molecular complexity index is 1200. The van der Waals surface area contributed by atoms with Crippen molar-refractivity contribution in [2.75, 3.05) is 195 Å². The quantitative estimate of drug-likeness (QED) is 0.0556. The standard InChI is InChI=1S/C20H47NO7Si2.C19H45NO6Si2.C14H35NO7Si2/c1-7-23-29(24-8-2,25-9-3)19-13-15-21(17-18-22)16-14-20-30(26-10-4,27-11-5)28-12-6;1-8-21-27(22-9-2,23-10-3)18-14-16-20(7)17-15-19-28(24-11-4,25-12-5)26-13-6;1-17-23(18-2,19-3)13-7-9-15(11-12-16)10-8-14-24(20-4,21-5)22-6/h22H,7-20H2,1-6H3;8-19H2,1-7H3;16H,7-14H2,1-6H3. The van der Waals surface area contributed by atoms with Crippen molar-refractivity contribution in [1.29, 1.82) is 0 Å². The zero-order valence-electron chi connectivity index (χ0n) is 55.6. The Hall–Kier alpha value is 0.381. The van der Waals surface area contributed by atoms with Gasteiger partial charge in [-0.1, -0.05) is 0 Å². The van der Waals surface area contributed by atoms with Gasteiger partial charge in [0.2, 0.25) is 0 Å². The van der Waals surface area contributed by atoms with Gasteiger partial charge in [0.1, 0.15) is 0 Å². The molecule has 29 heteroatoms. The number of nitrogens with zero attached hydrogens (tertiary/aromatic N) is 3. The van der Waals surface area contributed by atoms with Gasteiger partial charge in [0.25, 0.3) is 0 Å². The first-order valence-electron chi connectivity index (χ1n) is 30.8. The van der Waals surface area contributed by atoms with Crippen molar-refractivity contribution in [3.63, 3.8) is 0 Å². The average Bonchev–Trinajstić information content (AvgIpc) is 3.45. The van der Waals surface area contributed by atoms with Crippen LogP contribution in [0.1, 0.15) is 122 Å². The fourth-order valence-electron chi connectivity index (χ4n) is 9.39. The van der Waals surface area contributed by atoms with Crippen molar-refractivity contribution in [2.24, 2.45) is 0 Å². The minimum atomic E-state index is -2.62. The van der Waals surface area contributed by atoms with E-state index in [9.17, 15) is 10.2 Å². The molecule has 0 aliphatic rings. The number of aliphatic hydroxyl groups excluding tert-OH is 2. The topological polar surface area (TPSA) is 216 Å². The smallest absolute Gasteiger partial charge is 0.395 e. The van der Waals surface area contributed by atoms with Gasteiger partial charge in [-0.15, -0.1) is 0 Å². The fraction of sp³-hybridized carbons (Fsp3) is 1.00. The lowest BCUT2D eigenvalue weighted by Crippen LogP contribution is -2.47. The zero-order chi connectivity index (χ0) is 62.5. The van der Waals surface area contributed by atoms with Crippen LogP contribution in [0, 0.1) is 0 Å². The first kappa shape index (κ1) is 86.6. The van der Waals surface area contributed by atoms with E-state index >= 15 is 0 Å². The molecule has 0 aromatic heterocycles. The predicted octanol–water partition coefficient (Wildman–Crippen LogP) is 7.77. The maximum Gasteiger partial charge on any atom is 0.500 e. The highest BCUT2D eigenvalue weighted by Crippen LogP contribution is 2.24. The third kappa shape index (κ3) is 38.7. The van der Waals surface area contributed by atoms with Gasteiger partial charge in [0.05, 0.1) is 13.2 Å². The highest BCUT2D eigenvalue weighted by Gasteiger charge is 2.44. The zero-order valence-corrected chi connectivity index (χ0v) is 61.6. The van der Waals surface area contributed by atoms with E-state index in [2.05, 4.69) is 21.7 Å². The lowest BCUT2D eigenvalue weighted by atomic mass is 10.3. The summed E-state index contributed by atoms with van der Waals surface area (Å²) in [4.78, 5) is 6.82. The highest BCUT2D eigenvalue weighted by atomic mass is 28.4. The molecule has 0 rings (SSSR count). The first-order chi connectivity index (χ1) is 39.5. The molecule has 0 atom stereocenters. The van der Waals surface area contributed by atoms with Crippen molar-refractivity contribution in [2.45, 2.75) is 158 Å². The van der Waals surface area contributed by atoms with E-state index in [1.807, 2.05) is 83.1 Å². The second-order valence-corrected chi connectivity index (χ2v) is 35.7. The molecule has 2 N–H and O–H groups in total. The molecule has 0 radical (unpaired) electrons. The average molecular weight is 1300 g/mol. The van der Waals surface area contributed by atoms with Gasteiger partial charge in [-0.3, -0.25) is 0 Å². The predicted molar refractivity (Wildman–Crippen MR) is 337 cm³/mol.